The number of nitrogens with zero attached hydrogens (tertiary/aromatic N) is 1. The van der Waals surface area contributed by atoms with E-state index in [4.69, 9.17) is 0 Å². The molecule has 0 aromatic heterocycles. The van der Waals surface area contributed by atoms with Crippen LogP contribution in [0.15, 0.2) is 36.9 Å². The quantitative estimate of drug-likeness (QED) is 0.804. The first-order valence-electron chi connectivity index (χ1n) is 6.12. The Morgan fingerprint density at radius 3 is 2.82 bits per heavy atom. The molecule has 92 valence electrons. The third kappa shape index (κ3) is 3.14. The summed E-state index contributed by atoms with van der Waals surface area (Å²) in [6.45, 7) is 7.83. The van der Waals surface area contributed by atoms with Crippen molar-refractivity contribution in [1.29, 1.82) is 0 Å². The van der Waals surface area contributed by atoms with Gasteiger partial charge in [-0.1, -0.05) is 18.2 Å². The highest BCUT2D eigenvalue weighted by Crippen LogP contribution is 2.25. The minimum atomic E-state index is -0.160. The Labute approximate surface area is 102 Å². The SMILES string of the molecule is C=CC[C@@H](c1cccc(F)c1)N1CCNCC1. The molecule has 0 aliphatic carbocycles. The summed E-state index contributed by atoms with van der Waals surface area (Å²) in [6.07, 6.45) is 2.78. The minimum absolute atomic E-state index is 0.160. The van der Waals surface area contributed by atoms with Crippen molar-refractivity contribution < 1.29 is 4.39 Å². The number of halogens is 1. The van der Waals surface area contributed by atoms with Gasteiger partial charge >= 0.3 is 0 Å². The molecular formula is C14H19FN2. The number of benzene rings is 1. The Kier molecular flexibility index (Phi) is 4.29. The number of hydrogen-bond acceptors (Lipinski definition) is 2. The highest BCUT2D eigenvalue weighted by molar-refractivity contribution is 5.21. The molecule has 2 nitrogen and oxygen atoms in total. The van der Waals surface area contributed by atoms with Crippen molar-refractivity contribution in [2.75, 3.05) is 26.2 Å². The molecule has 1 saturated heterocycles. The largest absolute Gasteiger partial charge is 0.314 e. The van der Waals surface area contributed by atoms with Gasteiger partial charge in [-0.3, -0.25) is 4.90 Å². The van der Waals surface area contributed by atoms with Crippen LogP contribution in [-0.4, -0.2) is 31.1 Å². The predicted octanol–water partition coefficient (Wildman–Crippen LogP) is 2.35. The van der Waals surface area contributed by atoms with Gasteiger partial charge in [-0.25, -0.2) is 4.39 Å². The summed E-state index contributed by atoms with van der Waals surface area (Å²) in [5, 5.41) is 3.33. The van der Waals surface area contributed by atoms with E-state index in [0.29, 0.717) is 0 Å². The summed E-state index contributed by atoms with van der Waals surface area (Å²) in [5.41, 5.74) is 1.05. The molecule has 1 aliphatic rings. The van der Waals surface area contributed by atoms with E-state index in [0.717, 1.165) is 38.2 Å². The van der Waals surface area contributed by atoms with Crippen molar-refractivity contribution in [3.8, 4) is 0 Å². The van der Waals surface area contributed by atoms with Crippen molar-refractivity contribution >= 4 is 0 Å². The average molecular weight is 234 g/mol. The lowest BCUT2D eigenvalue weighted by Crippen LogP contribution is -2.45. The third-order valence-electron chi connectivity index (χ3n) is 3.22. The highest BCUT2D eigenvalue weighted by Gasteiger charge is 2.21. The maximum Gasteiger partial charge on any atom is 0.123 e. The lowest BCUT2D eigenvalue weighted by atomic mass is 10.0. The van der Waals surface area contributed by atoms with Gasteiger partial charge in [-0.2, -0.15) is 0 Å². The minimum Gasteiger partial charge on any atom is -0.314 e. The van der Waals surface area contributed by atoms with Gasteiger partial charge in [0.1, 0.15) is 5.82 Å². The molecule has 1 aromatic rings. The number of nitrogens with one attached hydrogen (secondary N) is 1. The van der Waals surface area contributed by atoms with Crippen LogP contribution in [0.4, 0.5) is 4.39 Å². The molecule has 0 saturated carbocycles. The molecule has 1 fully saturated rings. The first-order valence-corrected chi connectivity index (χ1v) is 6.12. The van der Waals surface area contributed by atoms with Crippen LogP contribution < -0.4 is 5.32 Å². The van der Waals surface area contributed by atoms with E-state index in [-0.39, 0.29) is 11.9 Å². The molecule has 1 heterocycles. The second-order valence-electron chi connectivity index (χ2n) is 4.38. The van der Waals surface area contributed by atoms with E-state index in [1.165, 1.54) is 6.07 Å². The van der Waals surface area contributed by atoms with Crippen LogP contribution in [0.1, 0.15) is 18.0 Å². The monoisotopic (exact) mass is 234 g/mol. The van der Waals surface area contributed by atoms with E-state index >= 15 is 0 Å². The fourth-order valence-electron chi connectivity index (χ4n) is 2.36. The number of rotatable bonds is 4. The maximum atomic E-state index is 13.3. The smallest absolute Gasteiger partial charge is 0.123 e. The number of piperazine rings is 1. The van der Waals surface area contributed by atoms with Gasteiger partial charge < -0.3 is 5.32 Å². The van der Waals surface area contributed by atoms with Crippen LogP contribution in [0, 0.1) is 5.82 Å². The van der Waals surface area contributed by atoms with Crippen LogP contribution in [0.2, 0.25) is 0 Å². The van der Waals surface area contributed by atoms with Gasteiger partial charge in [0.15, 0.2) is 0 Å². The Hall–Kier alpha value is -1.19. The molecule has 1 atom stereocenters. The third-order valence-corrected chi connectivity index (χ3v) is 3.22. The zero-order chi connectivity index (χ0) is 12.1. The van der Waals surface area contributed by atoms with E-state index in [9.17, 15) is 4.39 Å². The molecule has 0 spiro atoms. The Balaban J connectivity index is 2.18. The Bertz CT molecular complexity index is 372. The molecular weight excluding hydrogens is 215 g/mol. The standard InChI is InChI=1S/C14H19FN2/c1-2-4-14(17-9-7-16-8-10-17)12-5-3-6-13(15)11-12/h2-3,5-6,11,14,16H,1,4,7-10H2/t14-/m0/s1. The molecule has 1 N–H and O–H groups in total. The summed E-state index contributed by atoms with van der Waals surface area (Å²) in [5.74, 6) is -0.160. The highest BCUT2D eigenvalue weighted by atomic mass is 19.1. The van der Waals surface area contributed by atoms with E-state index < -0.39 is 0 Å². The maximum absolute atomic E-state index is 13.3. The van der Waals surface area contributed by atoms with Crippen LogP contribution in [0.25, 0.3) is 0 Å². The van der Waals surface area contributed by atoms with Gasteiger partial charge in [0.25, 0.3) is 0 Å². The first kappa shape index (κ1) is 12.3. The molecule has 0 radical (unpaired) electrons. The van der Waals surface area contributed by atoms with Crippen molar-refractivity contribution in [3.63, 3.8) is 0 Å². The predicted molar refractivity (Wildman–Crippen MR) is 68.4 cm³/mol. The molecule has 0 amide bonds. The van der Waals surface area contributed by atoms with Crippen LogP contribution >= 0.6 is 0 Å². The molecule has 3 heteroatoms. The zero-order valence-electron chi connectivity index (χ0n) is 10.0. The lowest BCUT2D eigenvalue weighted by molar-refractivity contribution is 0.174. The van der Waals surface area contributed by atoms with Gasteiger partial charge in [0, 0.05) is 32.2 Å². The lowest BCUT2D eigenvalue weighted by Gasteiger charge is -2.34. The Morgan fingerprint density at radius 2 is 2.18 bits per heavy atom. The van der Waals surface area contributed by atoms with Gasteiger partial charge in [-0.05, 0) is 24.1 Å². The van der Waals surface area contributed by atoms with Crippen molar-refractivity contribution in [3.05, 3.63) is 48.3 Å². The molecule has 0 unspecified atom stereocenters. The molecule has 17 heavy (non-hydrogen) atoms. The van der Waals surface area contributed by atoms with E-state index in [1.54, 1.807) is 12.1 Å². The fourth-order valence-corrected chi connectivity index (χ4v) is 2.36. The van der Waals surface area contributed by atoms with E-state index in [1.807, 2.05) is 12.1 Å². The van der Waals surface area contributed by atoms with Crippen LogP contribution in [0.5, 0.6) is 0 Å². The second-order valence-corrected chi connectivity index (χ2v) is 4.38. The van der Waals surface area contributed by atoms with Gasteiger partial charge in [0.05, 0.1) is 0 Å². The summed E-state index contributed by atoms with van der Waals surface area (Å²) in [6, 6.07) is 7.16. The van der Waals surface area contributed by atoms with Crippen LogP contribution in [-0.2, 0) is 0 Å². The summed E-state index contributed by atoms with van der Waals surface area (Å²) in [7, 11) is 0. The van der Waals surface area contributed by atoms with E-state index in [2.05, 4.69) is 16.8 Å². The first-order chi connectivity index (χ1) is 8.31. The molecule has 1 aliphatic heterocycles. The Morgan fingerprint density at radius 1 is 1.41 bits per heavy atom. The van der Waals surface area contributed by atoms with Crippen LogP contribution in [0.3, 0.4) is 0 Å². The topological polar surface area (TPSA) is 15.3 Å². The molecule has 1 aromatic carbocycles. The van der Waals surface area contributed by atoms with Gasteiger partial charge in [-0.15, -0.1) is 6.58 Å². The normalized spacial score (nSPS) is 18.9. The molecule has 2 rings (SSSR count). The van der Waals surface area contributed by atoms with Gasteiger partial charge in [0.2, 0.25) is 0 Å². The summed E-state index contributed by atoms with van der Waals surface area (Å²) >= 11 is 0. The van der Waals surface area contributed by atoms with Crippen molar-refractivity contribution in [2.24, 2.45) is 0 Å². The zero-order valence-corrected chi connectivity index (χ0v) is 10.0. The van der Waals surface area contributed by atoms with Crippen molar-refractivity contribution in [1.82, 2.24) is 10.2 Å². The second kappa shape index (κ2) is 5.94. The fraction of sp³-hybridized carbons (Fsp3) is 0.429. The van der Waals surface area contributed by atoms with Crippen molar-refractivity contribution in [2.45, 2.75) is 12.5 Å². The average Bonchev–Trinajstić information content (AvgIpc) is 2.37. The number of hydrogen-bond donors (Lipinski definition) is 1. The summed E-state index contributed by atoms with van der Waals surface area (Å²) < 4.78 is 13.3. The molecule has 0 bridgehead atoms. The summed E-state index contributed by atoms with van der Waals surface area (Å²) in [4.78, 5) is 2.40.